The summed E-state index contributed by atoms with van der Waals surface area (Å²) in [5, 5.41) is 18.2. The Hall–Kier alpha value is -2.38. The Morgan fingerprint density at radius 1 is 1.26 bits per heavy atom. The van der Waals surface area contributed by atoms with Crippen molar-refractivity contribution in [1.29, 1.82) is 5.26 Å². The number of nitriles is 1. The molecule has 5 heteroatoms. The van der Waals surface area contributed by atoms with Crippen LogP contribution in [0.15, 0.2) is 36.4 Å². The number of hydrogen-bond acceptors (Lipinski definition) is 2. The van der Waals surface area contributed by atoms with Crippen molar-refractivity contribution in [2.75, 3.05) is 0 Å². The van der Waals surface area contributed by atoms with E-state index in [1.165, 1.54) is 36.4 Å². The summed E-state index contributed by atoms with van der Waals surface area (Å²) in [7, 11) is 0. The van der Waals surface area contributed by atoms with Gasteiger partial charge in [0.1, 0.15) is 11.9 Å². The van der Waals surface area contributed by atoms with Crippen molar-refractivity contribution in [3.05, 3.63) is 58.4 Å². The van der Waals surface area contributed by atoms with Crippen molar-refractivity contribution in [3.63, 3.8) is 0 Å². The van der Waals surface area contributed by atoms with Crippen molar-refractivity contribution < 1.29 is 14.3 Å². The van der Waals surface area contributed by atoms with Crippen LogP contribution in [-0.4, -0.2) is 11.1 Å². The van der Waals surface area contributed by atoms with Crippen LogP contribution in [-0.2, 0) is 0 Å². The molecule has 0 atom stereocenters. The summed E-state index contributed by atoms with van der Waals surface area (Å²) in [6.45, 7) is 0. The van der Waals surface area contributed by atoms with Gasteiger partial charge < -0.3 is 5.11 Å². The Morgan fingerprint density at radius 3 is 2.63 bits per heavy atom. The minimum absolute atomic E-state index is 0.0407. The number of benzene rings is 2. The van der Waals surface area contributed by atoms with Crippen LogP contribution in [0.5, 0.6) is 0 Å². The first-order chi connectivity index (χ1) is 9.04. The number of carbonyl (C=O) groups is 1. The zero-order valence-corrected chi connectivity index (χ0v) is 10.3. The predicted octanol–water partition coefficient (Wildman–Crippen LogP) is 3.72. The van der Waals surface area contributed by atoms with Crippen molar-refractivity contribution in [2.45, 2.75) is 0 Å². The summed E-state index contributed by atoms with van der Waals surface area (Å²) in [5.74, 6) is -1.94. The summed E-state index contributed by atoms with van der Waals surface area (Å²) in [4.78, 5) is 11.1. The second-order valence-corrected chi connectivity index (χ2v) is 4.21. The van der Waals surface area contributed by atoms with E-state index in [-0.39, 0.29) is 22.3 Å². The molecule has 0 radical (unpaired) electrons. The van der Waals surface area contributed by atoms with Crippen LogP contribution in [0.2, 0.25) is 5.02 Å². The molecular weight excluding hydrogens is 269 g/mol. The summed E-state index contributed by atoms with van der Waals surface area (Å²) in [6.07, 6.45) is 0. The molecule has 0 fully saturated rings. The molecule has 0 aliphatic carbocycles. The first-order valence-electron chi connectivity index (χ1n) is 5.26. The Balaban J connectivity index is 2.75. The summed E-state index contributed by atoms with van der Waals surface area (Å²) >= 11 is 5.82. The van der Waals surface area contributed by atoms with E-state index in [0.717, 1.165) is 0 Å². The second-order valence-electron chi connectivity index (χ2n) is 3.77. The smallest absolute Gasteiger partial charge is 0.336 e. The van der Waals surface area contributed by atoms with Crippen molar-refractivity contribution in [3.8, 4) is 17.2 Å². The van der Waals surface area contributed by atoms with Crippen LogP contribution in [0.3, 0.4) is 0 Å². The van der Waals surface area contributed by atoms with Crippen LogP contribution in [0, 0.1) is 17.1 Å². The molecule has 0 heterocycles. The first-order valence-corrected chi connectivity index (χ1v) is 5.64. The van der Waals surface area contributed by atoms with E-state index in [2.05, 4.69) is 0 Å². The van der Waals surface area contributed by atoms with E-state index in [0.29, 0.717) is 5.02 Å². The number of rotatable bonds is 2. The number of nitrogens with zero attached hydrogens (tertiary/aromatic N) is 1. The largest absolute Gasteiger partial charge is 0.478 e. The van der Waals surface area contributed by atoms with Gasteiger partial charge in [0.2, 0.25) is 0 Å². The lowest BCUT2D eigenvalue weighted by atomic mass is 9.97. The highest BCUT2D eigenvalue weighted by Gasteiger charge is 2.17. The molecule has 0 unspecified atom stereocenters. The maximum absolute atomic E-state index is 14.1. The van der Waals surface area contributed by atoms with Gasteiger partial charge in [-0.25, -0.2) is 9.18 Å². The molecule has 3 nitrogen and oxygen atoms in total. The molecule has 0 amide bonds. The van der Waals surface area contributed by atoms with E-state index in [9.17, 15) is 9.18 Å². The van der Waals surface area contributed by atoms with Gasteiger partial charge in [0.25, 0.3) is 0 Å². The minimum atomic E-state index is -1.19. The number of halogens is 2. The molecule has 0 aromatic heterocycles. The zero-order chi connectivity index (χ0) is 14.0. The van der Waals surface area contributed by atoms with E-state index in [4.69, 9.17) is 22.0 Å². The van der Waals surface area contributed by atoms with Crippen LogP contribution in [0.1, 0.15) is 15.9 Å². The first kappa shape index (κ1) is 13.1. The highest BCUT2D eigenvalue weighted by molar-refractivity contribution is 6.31. The number of hydrogen-bond donors (Lipinski definition) is 1. The van der Waals surface area contributed by atoms with E-state index in [1.54, 1.807) is 6.07 Å². The van der Waals surface area contributed by atoms with Gasteiger partial charge in [-0.3, -0.25) is 0 Å². The van der Waals surface area contributed by atoms with E-state index < -0.39 is 11.8 Å². The Morgan fingerprint density at radius 2 is 2.00 bits per heavy atom. The molecule has 94 valence electrons. The molecule has 0 spiro atoms. The fourth-order valence-corrected chi connectivity index (χ4v) is 1.92. The third-order valence-corrected chi connectivity index (χ3v) is 2.86. The molecule has 1 N–H and O–H groups in total. The number of carboxylic acids is 1. The van der Waals surface area contributed by atoms with Gasteiger partial charge in [0.15, 0.2) is 0 Å². The third-order valence-electron chi connectivity index (χ3n) is 2.62. The van der Waals surface area contributed by atoms with Gasteiger partial charge in [0, 0.05) is 16.1 Å². The molecule has 0 aliphatic heterocycles. The fourth-order valence-electron chi connectivity index (χ4n) is 1.75. The Labute approximate surface area is 113 Å². The summed E-state index contributed by atoms with van der Waals surface area (Å²) < 4.78 is 14.1. The number of carboxylic acid groups (broad SMARTS) is 1. The molecular formula is C14H7ClFNO2. The third kappa shape index (κ3) is 2.42. The van der Waals surface area contributed by atoms with Crippen molar-refractivity contribution >= 4 is 17.6 Å². The quantitative estimate of drug-likeness (QED) is 0.909. The molecule has 0 saturated carbocycles. The highest BCUT2D eigenvalue weighted by Crippen LogP contribution is 2.30. The van der Waals surface area contributed by atoms with Crippen LogP contribution < -0.4 is 0 Å². The van der Waals surface area contributed by atoms with Crippen LogP contribution >= 0.6 is 11.6 Å². The molecule has 0 bridgehead atoms. The average Bonchev–Trinajstić information content (AvgIpc) is 2.38. The van der Waals surface area contributed by atoms with E-state index in [1.807, 2.05) is 0 Å². The standard InChI is InChI=1S/C14H7ClFNO2/c15-9-4-5-11(14(18)19)12(6-9)10-3-1-2-8(7-17)13(10)16/h1-6H,(H,18,19). The summed E-state index contributed by atoms with van der Waals surface area (Å²) in [5.41, 5.74) is -0.0271. The predicted molar refractivity (Wildman–Crippen MR) is 68.5 cm³/mol. The normalized spacial score (nSPS) is 9.95. The number of aromatic carboxylic acids is 1. The monoisotopic (exact) mass is 275 g/mol. The molecule has 2 aromatic rings. The minimum Gasteiger partial charge on any atom is -0.478 e. The van der Waals surface area contributed by atoms with Gasteiger partial charge in [-0.05, 0) is 24.3 Å². The molecule has 19 heavy (non-hydrogen) atoms. The van der Waals surface area contributed by atoms with Crippen LogP contribution in [0.4, 0.5) is 4.39 Å². The van der Waals surface area contributed by atoms with Gasteiger partial charge in [-0.2, -0.15) is 5.26 Å². The highest BCUT2D eigenvalue weighted by atomic mass is 35.5. The summed E-state index contributed by atoms with van der Waals surface area (Å²) in [6, 6.07) is 10.0. The van der Waals surface area contributed by atoms with E-state index >= 15 is 0 Å². The average molecular weight is 276 g/mol. The zero-order valence-electron chi connectivity index (χ0n) is 9.52. The molecule has 2 rings (SSSR count). The Bertz CT molecular complexity index is 707. The van der Waals surface area contributed by atoms with Gasteiger partial charge in [-0.1, -0.05) is 23.7 Å². The molecule has 0 aliphatic rings. The van der Waals surface area contributed by atoms with Crippen molar-refractivity contribution in [2.24, 2.45) is 0 Å². The Kier molecular flexibility index (Phi) is 3.50. The lowest BCUT2D eigenvalue weighted by Crippen LogP contribution is -2.01. The van der Waals surface area contributed by atoms with Crippen molar-refractivity contribution in [1.82, 2.24) is 0 Å². The lowest BCUT2D eigenvalue weighted by Gasteiger charge is -2.08. The maximum Gasteiger partial charge on any atom is 0.336 e. The van der Waals surface area contributed by atoms with Gasteiger partial charge in [-0.15, -0.1) is 0 Å². The van der Waals surface area contributed by atoms with Gasteiger partial charge in [0.05, 0.1) is 11.1 Å². The molecule has 2 aromatic carbocycles. The second kappa shape index (κ2) is 5.09. The molecule has 0 saturated heterocycles. The maximum atomic E-state index is 14.1. The SMILES string of the molecule is N#Cc1cccc(-c2cc(Cl)ccc2C(=O)O)c1F. The fraction of sp³-hybridized carbons (Fsp3) is 0. The van der Waals surface area contributed by atoms with Gasteiger partial charge >= 0.3 is 5.97 Å². The topological polar surface area (TPSA) is 61.1 Å². The lowest BCUT2D eigenvalue weighted by molar-refractivity contribution is 0.0697. The van der Waals surface area contributed by atoms with Crippen LogP contribution in [0.25, 0.3) is 11.1 Å².